The predicted molar refractivity (Wildman–Crippen MR) is 34.2 cm³/mol. The molecule has 0 aromatic heterocycles. The largest absolute Gasteiger partial charge is 0.286 e. The van der Waals surface area contributed by atoms with Gasteiger partial charge in [0.05, 0.1) is 0 Å². The van der Waals surface area contributed by atoms with Gasteiger partial charge in [0, 0.05) is 0 Å². The van der Waals surface area contributed by atoms with E-state index in [0.717, 1.165) is 0 Å². The molecule has 0 N–H and O–H groups in total. The Morgan fingerprint density at radius 3 is 2.50 bits per heavy atom. The molecule has 1 nitrogen and oxygen atoms in total. The molecule has 0 atom stereocenters. The third kappa shape index (κ3) is 4.89. The van der Waals surface area contributed by atoms with Crippen LogP contribution in [0.5, 0.6) is 0 Å². The highest BCUT2D eigenvalue weighted by Crippen LogP contribution is 1.73. The van der Waals surface area contributed by atoms with Gasteiger partial charge in [0.2, 0.25) is 6.29 Å². The highest BCUT2D eigenvalue weighted by Gasteiger charge is 1.59. The molecule has 0 saturated heterocycles. The van der Waals surface area contributed by atoms with Crippen LogP contribution >= 0.6 is 0 Å². The maximum Gasteiger partial charge on any atom is 0.225 e. The molecule has 0 unspecified atom stereocenters. The van der Waals surface area contributed by atoms with E-state index >= 15 is 0 Å². The molecule has 0 saturated carbocycles. The molecule has 0 spiro atoms. The second-order valence-electron chi connectivity index (χ2n) is 1.10. The summed E-state index contributed by atoms with van der Waals surface area (Å²) in [5, 5.41) is 0. The summed E-state index contributed by atoms with van der Waals surface area (Å²) in [5.74, 6) is 0. The number of rotatable bonds is 3. The van der Waals surface area contributed by atoms with Crippen LogP contribution in [0.4, 0.5) is 0 Å². The standard InChI is InChI=1S/C7H7O/c1-2-3-4-5-6-7-8/h2-6H,1H2/b4-3+,6-5+. The van der Waals surface area contributed by atoms with Crippen molar-refractivity contribution in [2.24, 2.45) is 0 Å². The van der Waals surface area contributed by atoms with Crippen LogP contribution in [0.15, 0.2) is 37.0 Å². The van der Waals surface area contributed by atoms with E-state index in [1.165, 1.54) is 6.08 Å². The zero-order valence-corrected chi connectivity index (χ0v) is 4.50. The van der Waals surface area contributed by atoms with Crippen molar-refractivity contribution < 1.29 is 4.79 Å². The SMILES string of the molecule is C=C/C=C/C=C/[C]=O. The van der Waals surface area contributed by atoms with E-state index in [4.69, 9.17) is 0 Å². The smallest absolute Gasteiger partial charge is 0.225 e. The lowest BCUT2D eigenvalue weighted by molar-refractivity contribution is 0.564. The quantitative estimate of drug-likeness (QED) is 0.393. The minimum atomic E-state index is 1.29. The van der Waals surface area contributed by atoms with Crippen molar-refractivity contribution in [1.29, 1.82) is 0 Å². The second-order valence-corrected chi connectivity index (χ2v) is 1.10. The van der Waals surface area contributed by atoms with Crippen LogP contribution in [0, 0.1) is 0 Å². The first-order valence-electron chi connectivity index (χ1n) is 2.23. The number of hydrogen-bond acceptors (Lipinski definition) is 1. The highest BCUT2D eigenvalue weighted by molar-refractivity contribution is 5.66. The third-order valence-corrected chi connectivity index (χ3v) is 0.523. The number of hydrogen-bond donors (Lipinski definition) is 0. The molecule has 0 rings (SSSR count). The fraction of sp³-hybridized carbons (Fsp3) is 0. The first-order chi connectivity index (χ1) is 3.91. The topological polar surface area (TPSA) is 17.1 Å². The summed E-state index contributed by atoms with van der Waals surface area (Å²) in [6, 6.07) is 0. The van der Waals surface area contributed by atoms with E-state index in [9.17, 15) is 4.79 Å². The Bertz CT molecular complexity index is 104. The Morgan fingerprint density at radius 1 is 1.25 bits per heavy atom. The molecule has 8 heavy (non-hydrogen) atoms. The summed E-state index contributed by atoms with van der Waals surface area (Å²) < 4.78 is 0. The average Bonchev–Trinajstić information content (AvgIpc) is 1.81. The Balaban J connectivity index is 3.41. The van der Waals surface area contributed by atoms with Gasteiger partial charge in [0.15, 0.2) is 0 Å². The maximum absolute atomic E-state index is 9.50. The highest BCUT2D eigenvalue weighted by atomic mass is 16.1. The number of carbonyl (C=O) groups excluding carboxylic acids is 1. The van der Waals surface area contributed by atoms with E-state index in [1.807, 2.05) is 0 Å². The van der Waals surface area contributed by atoms with Crippen LogP contribution in [-0.2, 0) is 4.79 Å². The van der Waals surface area contributed by atoms with Gasteiger partial charge in [-0.2, -0.15) is 0 Å². The molecule has 0 amide bonds. The van der Waals surface area contributed by atoms with Crippen molar-refractivity contribution in [3.63, 3.8) is 0 Å². The first-order valence-corrected chi connectivity index (χ1v) is 2.23. The predicted octanol–water partition coefficient (Wildman–Crippen LogP) is 1.39. The Hall–Kier alpha value is -1.11. The Morgan fingerprint density at radius 2 is 2.00 bits per heavy atom. The minimum Gasteiger partial charge on any atom is -0.286 e. The van der Waals surface area contributed by atoms with Gasteiger partial charge in [-0.25, -0.2) is 0 Å². The van der Waals surface area contributed by atoms with Crippen molar-refractivity contribution in [2.45, 2.75) is 0 Å². The zero-order chi connectivity index (χ0) is 6.24. The minimum absolute atomic E-state index is 1.29. The second kappa shape index (κ2) is 5.89. The summed E-state index contributed by atoms with van der Waals surface area (Å²) in [7, 11) is 0. The molecule has 0 aliphatic heterocycles. The first kappa shape index (κ1) is 6.89. The maximum atomic E-state index is 9.50. The zero-order valence-electron chi connectivity index (χ0n) is 4.50. The van der Waals surface area contributed by atoms with Crippen molar-refractivity contribution in [2.75, 3.05) is 0 Å². The van der Waals surface area contributed by atoms with Gasteiger partial charge >= 0.3 is 0 Å². The van der Waals surface area contributed by atoms with Crippen LogP contribution in [0.1, 0.15) is 0 Å². The summed E-state index contributed by atoms with van der Waals surface area (Å²) >= 11 is 0. The normalized spacial score (nSPS) is 10.5. The molecule has 41 valence electrons. The molecule has 0 aromatic carbocycles. The number of allylic oxidation sites excluding steroid dienone is 5. The average molecular weight is 107 g/mol. The lowest BCUT2D eigenvalue weighted by atomic mass is 10.4. The van der Waals surface area contributed by atoms with Gasteiger partial charge in [0.25, 0.3) is 0 Å². The van der Waals surface area contributed by atoms with Crippen LogP contribution in [0.2, 0.25) is 0 Å². The van der Waals surface area contributed by atoms with E-state index in [1.54, 1.807) is 30.6 Å². The molecule has 0 bridgehead atoms. The van der Waals surface area contributed by atoms with Crippen molar-refractivity contribution in [3.05, 3.63) is 37.0 Å². The molecule has 1 heteroatoms. The summed E-state index contributed by atoms with van der Waals surface area (Å²) in [4.78, 5) is 9.50. The van der Waals surface area contributed by atoms with Crippen LogP contribution < -0.4 is 0 Å². The van der Waals surface area contributed by atoms with Crippen LogP contribution in [-0.4, -0.2) is 6.29 Å². The van der Waals surface area contributed by atoms with E-state index in [0.29, 0.717) is 0 Å². The Kier molecular flexibility index (Phi) is 5.07. The third-order valence-electron chi connectivity index (χ3n) is 0.523. The van der Waals surface area contributed by atoms with Gasteiger partial charge in [-0.3, -0.25) is 4.79 Å². The van der Waals surface area contributed by atoms with E-state index in [-0.39, 0.29) is 0 Å². The fourth-order valence-corrected chi connectivity index (χ4v) is 0.238. The van der Waals surface area contributed by atoms with E-state index in [2.05, 4.69) is 6.58 Å². The summed E-state index contributed by atoms with van der Waals surface area (Å²) in [5.41, 5.74) is 0. The van der Waals surface area contributed by atoms with Crippen LogP contribution in [0.25, 0.3) is 0 Å². The van der Waals surface area contributed by atoms with Crippen molar-refractivity contribution in [1.82, 2.24) is 0 Å². The van der Waals surface area contributed by atoms with Crippen LogP contribution in [0.3, 0.4) is 0 Å². The molecule has 0 fully saturated rings. The monoisotopic (exact) mass is 107 g/mol. The van der Waals surface area contributed by atoms with Gasteiger partial charge in [-0.05, 0) is 6.08 Å². The van der Waals surface area contributed by atoms with Gasteiger partial charge < -0.3 is 0 Å². The summed E-state index contributed by atoms with van der Waals surface area (Å²) in [6.07, 6.45) is 9.56. The molecule has 0 aliphatic carbocycles. The van der Waals surface area contributed by atoms with Crippen molar-refractivity contribution >= 4 is 6.29 Å². The van der Waals surface area contributed by atoms with Gasteiger partial charge in [-0.15, -0.1) is 0 Å². The summed E-state index contributed by atoms with van der Waals surface area (Å²) in [6.45, 7) is 3.44. The van der Waals surface area contributed by atoms with Crippen molar-refractivity contribution in [3.8, 4) is 0 Å². The fourth-order valence-electron chi connectivity index (χ4n) is 0.238. The van der Waals surface area contributed by atoms with Gasteiger partial charge in [-0.1, -0.05) is 30.9 Å². The molecule has 0 heterocycles. The molecule has 0 aliphatic rings. The lowest BCUT2D eigenvalue weighted by Crippen LogP contribution is -1.54. The Labute approximate surface area is 49.0 Å². The molecule has 0 aromatic rings. The molecule has 1 radical (unpaired) electrons. The molecular weight excluding hydrogens is 100 g/mol. The lowest BCUT2D eigenvalue weighted by Gasteiger charge is -1.64. The molecular formula is C7H7O. The van der Waals surface area contributed by atoms with Gasteiger partial charge in [0.1, 0.15) is 0 Å². The van der Waals surface area contributed by atoms with E-state index < -0.39 is 0 Å².